The Morgan fingerprint density at radius 3 is 1.31 bits per heavy atom. The molecule has 4 nitrogen and oxygen atoms in total. The average Bonchev–Trinajstić information content (AvgIpc) is 2.57. The molecular weight excluding hydrogens is 328 g/mol. The molecule has 0 aliphatic rings. The van der Waals surface area contributed by atoms with Gasteiger partial charge in [0.25, 0.3) is 0 Å². The fraction of sp³-hybridized carbons (Fsp3) is 0.727. The minimum atomic E-state index is -0.526. The number of rotatable bonds is 10. The van der Waals surface area contributed by atoms with Crippen molar-refractivity contribution >= 4 is 0 Å². The van der Waals surface area contributed by atoms with Gasteiger partial charge in [-0.25, -0.2) is 0 Å². The maximum atomic E-state index is 9.66. The van der Waals surface area contributed by atoms with Crippen LogP contribution < -0.4 is 9.47 Å². The van der Waals surface area contributed by atoms with Gasteiger partial charge in [-0.1, -0.05) is 41.5 Å². The van der Waals surface area contributed by atoms with Crippen molar-refractivity contribution in [2.24, 2.45) is 0 Å². The van der Waals surface area contributed by atoms with Gasteiger partial charge in [-0.15, -0.1) is 0 Å². The zero-order valence-electron chi connectivity index (χ0n) is 17.8. The summed E-state index contributed by atoms with van der Waals surface area (Å²) in [4.78, 5) is 0. The Labute approximate surface area is 159 Å². The predicted octanol–water partition coefficient (Wildman–Crippen LogP) is 4.58. The fourth-order valence-electron chi connectivity index (χ4n) is 2.92. The molecule has 2 atom stereocenters. The van der Waals surface area contributed by atoms with Crippen LogP contribution in [0.4, 0.5) is 0 Å². The van der Waals surface area contributed by atoms with Crippen molar-refractivity contribution in [2.75, 3.05) is 13.2 Å². The summed E-state index contributed by atoms with van der Waals surface area (Å²) in [6, 6.07) is 3.86. The van der Waals surface area contributed by atoms with E-state index < -0.39 is 12.2 Å². The number of ether oxygens (including phenoxy) is 2. The monoisotopic (exact) mass is 366 g/mol. The Balaban J connectivity index is 3.63. The smallest absolute Gasteiger partial charge is 0.123 e. The Morgan fingerprint density at radius 2 is 1.08 bits per heavy atom. The van der Waals surface area contributed by atoms with E-state index in [1.165, 1.54) is 0 Å². The second-order valence-corrected chi connectivity index (χ2v) is 8.61. The lowest BCUT2D eigenvalue weighted by Gasteiger charge is -2.36. The number of hydrogen-bond acceptors (Lipinski definition) is 4. The Hall–Kier alpha value is -1.26. The molecule has 0 aliphatic heterocycles. The summed E-state index contributed by atoms with van der Waals surface area (Å²) in [7, 11) is 0. The van der Waals surface area contributed by atoms with E-state index in [0.717, 1.165) is 35.5 Å². The second kappa shape index (κ2) is 9.09. The van der Waals surface area contributed by atoms with Gasteiger partial charge < -0.3 is 19.7 Å². The summed E-state index contributed by atoms with van der Waals surface area (Å²) in [5.74, 6) is 1.61. The molecule has 2 unspecified atom stereocenters. The normalized spacial score (nSPS) is 14.8. The first-order valence-corrected chi connectivity index (χ1v) is 9.76. The molecule has 2 N–H and O–H groups in total. The van der Waals surface area contributed by atoms with Crippen LogP contribution in [0.5, 0.6) is 11.5 Å². The molecule has 0 spiro atoms. The van der Waals surface area contributed by atoms with Gasteiger partial charge in [-0.05, 0) is 49.7 Å². The van der Waals surface area contributed by atoms with Crippen LogP contribution in [-0.2, 0) is 10.8 Å². The van der Waals surface area contributed by atoms with Crippen molar-refractivity contribution in [1.82, 2.24) is 0 Å². The molecule has 0 amide bonds. The molecule has 0 bridgehead atoms. The van der Waals surface area contributed by atoms with Crippen LogP contribution in [0, 0.1) is 0 Å². The third-order valence-corrected chi connectivity index (χ3v) is 5.21. The minimum absolute atomic E-state index is 0.111. The molecule has 0 radical (unpaired) electrons. The third kappa shape index (κ3) is 5.62. The van der Waals surface area contributed by atoms with Crippen LogP contribution in [0.15, 0.2) is 12.1 Å². The topological polar surface area (TPSA) is 58.9 Å². The maximum absolute atomic E-state index is 9.66. The summed E-state index contributed by atoms with van der Waals surface area (Å²) in [5, 5.41) is 19.3. The average molecular weight is 367 g/mol. The van der Waals surface area contributed by atoms with Gasteiger partial charge in [-0.2, -0.15) is 0 Å². The number of hydrogen-bond donors (Lipinski definition) is 2. The standard InChI is InChI=1S/C22H38O4/c1-9-21(5,6)19-17(25-13-15(3)23)11-12-18(26-14-16(4)24)20(19)22(7,8)10-2/h11-12,15-16,23-24H,9-10,13-14H2,1-8H3. The highest BCUT2D eigenvalue weighted by Crippen LogP contribution is 2.47. The van der Waals surface area contributed by atoms with Gasteiger partial charge in [0.15, 0.2) is 0 Å². The molecule has 0 saturated carbocycles. The molecule has 0 aromatic heterocycles. The van der Waals surface area contributed by atoms with Gasteiger partial charge in [-0.3, -0.25) is 0 Å². The zero-order valence-corrected chi connectivity index (χ0v) is 17.8. The highest BCUT2D eigenvalue weighted by atomic mass is 16.5. The molecule has 1 aromatic carbocycles. The highest BCUT2D eigenvalue weighted by molar-refractivity contribution is 5.55. The Kier molecular flexibility index (Phi) is 7.97. The van der Waals surface area contributed by atoms with Gasteiger partial charge in [0.05, 0.1) is 12.2 Å². The molecule has 4 heteroatoms. The van der Waals surface area contributed by atoms with E-state index >= 15 is 0 Å². The lowest BCUT2D eigenvalue weighted by atomic mass is 9.70. The zero-order chi connectivity index (χ0) is 20.1. The van der Waals surface area contributed by atoms with E-state index in [1.807, 2.05) is 12.1 Å². The van der Waals surface area contributed by atoms with Gasteiger partial charge in [0.2, 0.25) is 0 Å². The van der Waals surface area contributed by atoms with E-state index in [0.29, 0.717) is 0 Å². The summed E-state index contributed by atoms with van der Waals surface area (Å²) in [6.45, 7) is 17.2. The van der Waals surface area contributed by atoms with Crippen molar-refractivity contribution in [2.45, 2.75) is 91.3 Å². The third-order valence-electron chi connectivity index (χ3n) is 5.21. The predicted molar refractivity (Wildman–Crippen MR) is 107 cm³/mol. The first-order chi connectivity index (χ1) is 12.0. The molecular formula is C22H38O4. The minimum Gasteiger partial charge on any atom is -0.491 e. The van der Waals surface area contributed by atoms with Crippen molar-refractivity contribution in [3.05, 3.63) is 23.3 Å². The van der Waals surface area contributed by atoms with E-state index in [9.17, 15) is 10.2 Å². The molecule has 26 heavy (non-hydrogen) atoms. The van der Waals surface area contributed by atoms with Gasteiger partial charge >= 0.3 is 0 Å². The lowest BCUT2D eigenvalue weighted by Crippen LogP contribution is -2.28. The van der Waals surface area contributed by atoms with Crippen molar-refractivity contribution in [1.29, 1.82) is 0 Å². The molecule has 150 valence electrons. The first kappa shape index (κ1) is 22.8. The highest BCUT2D eigenvalue weighted by Gasteiger charge is 2.35. The van der Waals surface area contributed by atoms with Crippen molar-refractivity contribution < 1.29 is 19.7 Å². The molecule has 1 aromatic rings. The molecule has 1 rings (SSSR count). The van der Waals surface area contributed by atoms with Crippen LogP contribution in [0.2, 0.25) is 0 Å². The van der Waals surface area contributed by atoms with Crippen LogP contribution in [0.1, 0.15) is 79.4 Å². The van der Waals surface area contributed by atoms with Gasteiger partial charge in [0, 0.05) is 11.1 Å². The van der Waals surface area contributed by atoms with E-state index in [1.54, 1.807) is 13.8 Å². The quantitative estimate of drug-likeness (QED) is 0.636. The molecule has 0 fully saturated rings. The number of aliphatic hydroxyl groups is 2. The summed E-state index contributed by atoms with van der Waals surface area (Å²) < 4.78 is 12.0. The van der Waals surface area contributed by atoms with Crippen LogP contribution in [-0.4, -0.2) is 35.6 Å². The fourth-order valence-corrected chi connectivity index (χ4v) is 2.92. The number of benzene rings is 1. The summed E-state index contributed by atoms with van der Waals surface area (Å²) in [6.07, 6.45) is 0.845. The number of aliphatic hydroxyl groups excluding tert-OH is 2. The Bertz CT molecular complexity index is 523. The van der Waals surface area contributed by atoms with Crippen molar-refractivity contribution in [3.63, 3.8) is 0 Å². The van der Waals surface area contributed by atoms with E-state index in [4.69, 9.17) is 9.47 Å². The maximum Gasteiger partial charge on any atom is 0.123 e. The summed E-state index contributed by atoms with van der Waals surface area (Å²) >= 11 is 0. The van der Waals surface area contributed by atoms with Crippen LogP contribution in [0.3, 0.4) is 0 Å². The van der Waals surface area contributed by atoms with Gasteiger partial charge in [0.1, 0.15) is 24.7 Å². The Morgan fingerprint density at radius 1 is 0.769 bits per heavy atom. The molecule has 0 saturated heterocycles. The SMILES string of the molecule is CCC(C)(C)c1c(OCC(C)O)ccc(OCC(C)O)c1C(C)(C)CC. The molecule has 0 aliphatic carbocycles. The van der Waals surface area contributed by atoms with Crippen LogP contribution in [0.25, 0.3) is 0 Å². The van der Waals surface area contributed by atoms with E-state index in [2.05, 4.69) is 41.5 Å². The van der Waals surface area contributed by atoms with Crippen molar-refractivity contribution in [3.8, 4) is 11.5 Å². The van der Waals surface area contributed by atoms with Crippen LogP contribution >= 0.6 is 0 Å². The molecule has 0 heterocycles. The second-order valence-electron chi connectivity index (χ2n) is 8.61. The first-order valence-electron chi connectivity index (χ1n) is 9.76. The van der Waals surface area contributed by atoms with E-state index in [-0.39, 0.29) is 24.0 Å². The summed E-state index contributed by atoms with van der Waals surface area (Å²) in [5.41, 5.74) is 2.05. The lowest BCUT2D eigenvalue weighted by molar-refractivity contribution is 0.118. The largest absolute Gasteiger partial charge is 0.491 e.